The molecule has 0 spiro atoms. The smallest absolute Gasteiger partial charge is 0.410 e. The lowest BCUT2D eigenvalue weighted by molar-refractivity contribution is -0.126. The number of carbonyl (C=O) groups excluding carboxylic acids is 2. The fourth-order valence-electron chi connectivity index (χ4n) is 2.56. The maximum atomic E-state index is 12.5. The topological polar surface area (TPSA) is 58.6 Å². The van der Waals surface area contributed by atoms with Gasteiger partial charge in [-0.15, -0.1) is 0 Å². The van der Waals surface area contributed by atoms with Gasteiger partial charge in [0.2, 0.25) is 5.91 Å². The molecular weight excluding hydrogens is 352 g/mol. The lowest BCUT2D eigenvalue weighted by atomic mass is 10.0. The van der Waals surface area contributed by atoms with E-state index in [0.29, 0.717) is 18.0 Å². The van der Waals surface area contributed by atoms with Crippen molar-refractivity contribution in [1.29, 1.82) is 0 Å². The maximum Gasteiger partial charge on any atom is 0.410 e. The van der Waals surface area contributed by atoms with E-state index in [1.165, 1.54) is 0 Å². The van der Waals surface area contributed by atoms with Crippen LogP contribution in [0.2, 0.25) is 5.02 Å². The first-order valence-corrected chi connectivity index (χ1v) is 9.36. The summed E-state index contributed by atoms with van der Waals surface area (Å²) in [6.45, 7) is 7.86. The second kappa shape index (κ2) is 7.87. The Morgan fingerprint density at radius 1 is 1.27 bits per heavy atom. The summed E-state index contributed by atoms with van der Waals surface area (Å²) < 4.78 is 5.48. The highest BCUT2D eigenvalue weighted by Gasteiger charge is 2.44. The molecule has 2 rings (SSSR count). The van der Waals surface area contributed by atoms with Gasteiger partial charge >= 0.3 is 6.09 Å². The monoisotopic (exact) mass is 380 g/mol. The summed E-state index contributed by atoms with van der Waals surface area (Å²) in [4.78, 5) is 26.3. The van der Waals surface area contributed by atoms with E-state index in [2.05, 4.69) is 5.32 Å². The second-order valence-electron chi connectivity index (χ2n) is 8.35. The molecule has 1 aromatic rings. The van der Waals surface area contributed by atoms with E-state index in [-0.39, 0.29) is 17.4 Å². The molecule has 0 heterocycles. The van der Waals surface area contributed by atoms with E-state index in [1.54, 1.807) is 11.9 Å². The lowest BCUT2D eigenvalue weighted by Gasteiger charge is -2.31. The Kier molecular flexibility index (Phi) is 6.22. The zero-order chi connectivity index (χ0) is 19.5. The summed E-state index contributed by atoms with van der Waals surface area (Å²) in [5, 5.41) is 3.67. The van der Waals surface area contributed by atoms with E-state index >= 15 is 0 Å². The number of hydrogen-bond acceptors (Lipinski definition) is 3. The van der Waals surface area contributed by atoms with Gasteiger partial charge in [-0.25, -0.2) is 4.79 Å². The highest BCUT2D eigenvalue weighted by Crippen LogP contribution is 2.44. The summed E-state index contributed by atoms with van der Waals surface area (Å²) in [6.07, 6.45) is 2.04. The molecule has 0 radical (unpaired) electrons. The van der Waals surface area contributed by atoms with Crippen molar-refractivity contribution in [2.24, 2.45) is 5.41 Å². The van der Waals surface area contributed by atoms with Gasteiger partial charge < -0.3 is 15.0 Å². The number of halogens is 1. The van der Waals surface area contributed by atoms with Crippen molar-refractivity contribution in [3.8, 4) is 0 Å². The Hall–Kier alpha value is -1.75. The zero-order valence-electron chi connectivity index (χ0n) is 16.3. The van der Waals surface area contributed by atoms with E-state index in [9.17, 15) is 9.59 Å². The van der Waals surface area contributed by atoms with Gasteiger partial charge in [-0.2, -0.15) is 0 Å². The molecule has 1 N–H and O–H groups in total. The molecule has 1 saturated carbocycles. The average molecular weight is 381 g/mol. The van der Waals surface area contributed by atoms with Crippen LogP contribution < -0.4 is 5.32 Å². The number of likely N-dealkylation sites (N-methyl/N-ethyl adjacent to an activating group) is 1. The van der Waals surface area contributed by atoms with Crippen molar-refractivity contribution >= 4 is 23.6 Å². The van der Waals surface area contributed by atoms with Crippen LogP contribution >= 0.6 is 11.6 Å². The highest BCUT2D eigenvalue weighted by molar-refractivity contribution is 6.30. The number of nitrogens with zero attached hydrogens (tertiary/aromatic N) is 1. The molecule has 1 fully saturated rings. The molecular formula is C20H29ClN2O3. The Balaban J connectivity index is 2.07. The van der Waals surface area contributed by atoms with Gasteiger partial charge in [-0.05, 0) is 57.7 Å². The molecule has 0 saturated heterocycles. The second-order valence-corrected chi connectivity index (χ2v) is 8.78. The maximum absolute atomic E-state index is 12.5. The SMILES string of the molecule is CN(C(=O)OC(C)(C)C)[C@@H](CNC(=O)C1(C)CC1)Cc1ccc(Cl)cc1. The van der Waals surface area contributed by atoms with Gasteiger partial charge in [0.05, 0.1) is 6.04 Å². The van der Waals surface area contributed by atoms with Crippen LogP contribution in [0.15, 0.2) is 24.3 Å². The summed E-state index contributed by atoms with van der Waals surface area (Å²) in [6, 6.07) is 7.30. The number of rotatable bonds is 6. The summed E-state index contributed by atoms with van der Waals surface area (Å²) in [5.74, 6) is 0.0520. The largest absolute Gasteiger partial charge is 0.444 e. The average Bonchev–Trinajstić information content (AvgIpc) is 3.29. The molecule has 1 aromatic carbocycles. The molecule has 144 valence electrons. The molecule has 5 nitrogen and oxygen atoms in total. The molecule has 0 bridgehead atoms. The molecule has 0 aromatic heterocycles. The number of nitrogens with one attached hydrogen (secondary N) is 1. The normalized spacial score (nSPS) is 16.5. The van der Waals surface area contributed by atoms with Gasteiger partial charge in [0.25, 0.3) is 0 Å². The van der Waals surface area contributed by atoms with Gasteiger partial charge in [0.1, 0.15) is 5.60 Å². The van der Waals surface area contributed by atoms with Crippen molar-refractivity contribution in [2.45, 2.75) is 58.6 Å². The van der Waals surface area contributed by atoms with Gasteiger partial charge in [-0.3, -0.25) is 4.79 Å². The van der Waals surface area contributed by atoms with Crippen LogP contribution in [-0.2, 0) is 16.0 Å². The molecule has 2 amide bonds. The minimum atomic E-state index is -0.569. The highest BCUT2D eigenvalue weighted by atomic mass is 35.5. The molecule has 1 atom stereocenters. The van der Waals surface area contributed by atoms with E-state index in [0.717, 1.165) is 18.4 Å². The van der Waals surface area contributed by atoms with Gasteiger partial charge in [0.15, 0.2) is 0 Å². The van der Waals surface area contributed by atoms with Crippen molar-refractivity contribution in [1.82, 2.24) is 10.2 Å². The fourth-order valence-corrected chi connectivity index (χ4v) is 2.69. The lowest BCUT2D eigenvalue weighted by Crippen LogP contribution is -2.48. The van der Waals surface area contributed by atoms with Crippen LogP contribution in [-0.4, -0.2) is 42.1 Å². The molecule has 0 unspecified atom stereocenters. The Morgan fingerprint density at radius 3 is 2.35 bits per heavy atom. The van der Waals surface area contributed by atoms with E-state index in [1.807, 2.05) is 52.0 Å². The first-order chi connectivity index (χ1) is 12.0. The van der Waals surface area contributed by atoms with E-state index < -0.39 is 11.7 Å². The van der Waals surface area contributed by atoms with Crippen LogP contribution in [0.25, 0.3) is 0 Å². The van der Waals surface area contributed by atoms with Crippen molar-refractivity contribution in [3.63, 3.8) is 0 Å². The number of hydrogen-bond donors (Lipinski definition) is 1. The number of carbonyl (C=O) groups is 2. The molecule has 1 aliphatic rings. The Labute approximate surface area is 161 Å². The van der Waals surface area contributed by atoms with Gasteiger partial charge in [0, 0.05) is 24.0 Å². The van der Waals surface area contributed by atoms with Crippen molar-refractivity contribution < 1.29 is 14.3 Å². The Morgan fingerprint density at radius 2 is 1.85 bits per heavy atom. The third kappa shape index (κ3) is 5.90. The third-order valence-electron chi connectivity index (χ3n) is 4.66. The minimum absolute atomic E-state index is 0.0520. The first-order valence-electron chi connectivity index (χ1n) is 8.99. The van der Waals surface area contributed by atoms with Crippen molar-refractivity contribution in [2.75, 3.05) is 13.6 Å². The first kappa shape index (κ1) is 20.6. The summed E-state index contributed by atoms with van der Waals surface area (Å²) >= 11 is 5.95. The molecule has 0 aliphatic heterocycles. The van der Waals surface area contributed by atoms with Gasteiger partial charge in [-0.1, -0.05) is 30.7 Å². The van der Waals surface area contributed by atoms with Crippen molar-refractivity contribution in [3.05, 3.63) is 34.9 Å². The zero-order valence-corrected chi connectivity index (χ0v) is 17.0. The van der Waals surface area contributed by atoms with Crippen LogP contribution in [0, 0.1) is 5.41 Å². The van der Waals surface area contributed by atoms with E-state index in [4.69, 9.17) is 16.3 Å². The number of ether oxygens (including phenoxy) is 1. The third-order valence-corrected chi connectivity index (χ3v) is 4.91. The molecule has 26 heavy (non-hydrogen) atoms. The van der Waals surface area contributed by atoms with Crippen LogP contribution in [0.3, 0.4) is 0 Å². The van der Waals surface area contributed by atoms with Crippen LogP contribution in [0.5, 0.6) is 0 Å². The van der Waals surface area contributed by atoms with Crippen LogP contribution in [0.4, 0.5) is 4.79 Å². The molecule has 6 heteroatoms. The standard InChI is InChI=1S/C20H29ClN2O3/c1-19(2,3)26-18(25)23(5)16(12-14-6-8-15(21)9-7-14)13-22-17(24)20(4)10-11-20/h6-9,16H,10-13H2,1-5H3,(H,22,24)/t16-/m1/s1. The quantitative estimate of drug-likeness (QED) is 0.810. The predicted molar refractivity (Wildman–Crippen MR) is 103 cm³/mol. The predicted octanol–water partition coefficient (Wildman–Crippen LogP) is 4.03. The minimum Gasteiger partial charge on any atom is -0.444 e. The number of amides is 2. The summed E-state index contributed by atoms with van der Waals surface area (Å²) in [5.41, 5.74) is 0.234. The van der Waals surface area contributed by atoms with Crippen LogP contribution in [0.1, 0.15) is 46.1 Å². The Bertz CT molecular complexity index is 648. The summed E-state index contributed by atoms with van der Waals surface area (Å²) in [7, 11) is 1.71. The fraction of sp³-hybridized carbons (Fsp3) is 0.600. The number of benzene rings is 1. The molecule has 1 aliphatic carbocycles.